The first-order valence-electron chi connectivity index (χ1n) is 5.72. The van der Waals surface area contributed by atoms with E-state index in [-0.39, 0.29) is 25.1 Å². The summed E-state index contributed by atoms with van der Waals surface area (Å²) >= 11 is 0. The molecule has 0 saturated carbocycles. The molecule has 1 fully saturated rings. The van der Waals surface area contributed by atoms with E-state index in [1.165, 1.54) is 0 Å². The number of ether oxygens (including phenoxy) is 1. The summed E-state index contributed by atoms with van der Waals surface area (Å²) in [6.07, 6.45) is 1.81. The molecule has 2 N–H and O–H groups in total. The molecule has 1 aromatic carbocycles. The molecule has 0 radical (unpaired) electrons. The Morgan fingerprint density at radius 1 is 1.42 bits per heavy atom. The zero-order valence-electron chi connectivity index (χ0n) is 9.84. The molecule has 2 heterocycles. The molecule has 0 aliphatic carbocycles. The van der Waals surface area contributed by atoms with E-state index in [4.69, 9.17) is 10.00 Å². The largest absolute Gasteiger partial charge is 0.482 e. The molecular formula is C12H10N4O3. The Morgan fingerprint density at radius 2 is 2.26 bits per heavy atom. The predicted molar refractivity (Wildman–Crippen MR) is 64.2 cm³/mol. The van der Waals surface area contributed by atoms with E-state index in [1.807, 2.05) is 12.3 Å². The van der Waals surface area contributed by atoms with Crippen molar-refractivity contribution in [3.05, 3.63) is 23.8 Å². The maximum Gasteiger partial charge on any atom is 0.331 e. The lowest BCUT2D eigenvalue weighted by atomic mass is 10.1. The third-order valence-electron chi connectivity index (χ3n) is 3.07. The molecule has 1 unspecified atom stereocenters. The number of nitrogens with zero attached hydrogens (tertiary/aromatic N) is 2. The highest BCUT2D eigenvalue weighted by molar-refractivity contribution is 5.95. The van der Waals surface area contributed by atoms with Gasteiger partial charge in [-0.1, -0.05) is 6.07 Å². The number of carbonyl (C=O) groups excluding carboxylic acids is 2. The molecule has 0 spiro atoms. The van der Waals surface area contributed by atoms with Crippen LogP contribution in [0.4, 0.5) is 10.5 Å². The minimum atomic E-state index is -0.412. The van der Waals surface area contributed by atoms with Gasteiger partial charge in [-0.15, -0.1) is 0 Å². The van der Waals surface area contributed by atoms with Crippen molar-refractivity contribution < 1.29 is 14.3 Å². The quantitative estimate of drug-likeness (QED) is 0.720. The molecule has 1 aromatic rings. The smallest absolute Gasteiger partial charge is 0.331 e. The van der Waals surface area contributed by atoms with Crippen LogP contribution < -0.4 is 15.4 Å². The average molecular weight is 258 g/mol. The van der Waals surface area contributed by atoms with E-state index in [0.717, 1.165) is 10.5 Å². The molecule has 3 amide bonds. The van der Waals surface area contributed by atoms with E-state index >= 15 is 0 Å². The standard InChI is InChI=1S/C12H10N4O3/c13-6-16-4-9(15-12(16)18)7-1-2-10-8(3-7)14-11(17)5-19-10/h1-3,9H,4-5H2,(H,14,17)(H,15,18). The van der Waals surface area contributed by atoms with Gasteiger partial charge in [-0.2, -0.15) is 5.26 Å². The Labute approximate surface area is 108 Å². The summed E-state index contributed by atoms with van der Waals surface area (Å²) in [5, 5.41) is 14.2. The Kier molecular flexibility index (Phi) is 2.49. The third-order valence-corrected chi connectivity index (χ3v) is 3.07. The van der Waals surface area contributed by atoms with Crippen molar-refractivity contribution in [2.45, 2.75) is 6.04 Å². The van der Waals surface area contributed by atoms with Gasteiger partial charge >= 0.3 is 6.03 Å². The number of hydrogen-bond donors (Lipinski definition) is 2. The van der Waals surface area contributed by atoms with Crippen LogP contribution in [-0.4, -0.2) is 30.0 Å². The molecule has 7 heteroatoms. The SMILES string of the molecule is N#CN1CC(c2ccc3c(c2)NC(=O)CO3)NC1=O. The summed E-state index contributed by atoms with van der Waals surface area (Å²) in [6, 6.07) is 4.62. The van der Waals surface area contributed by atoms with Crippen LogP contribution in [0.5, 0.6) is 5.75 Å². The minimum absolute atomic E-state index is 0.00865. The molecule has 96 valence electrons. The van der Waals surface area contributed by atoms with Gasteiger partial charge in [0.15, 0.2) is 12.8 Å². The summed E-state index contributed by atoms with van der Waals surface area (Å²) < 4.78 is 5.25. The van der Waals surface area contributed by atoms with Crippen molar-refractivity contribution in [2.75, 3.05) is 18.5 Å². The zero-order valence-corrected chi connectivity index (χ0v) is 9.84. The lowest BCUT2D eigenvalue weighted by molar-refractivity contribution is -0.118. The van der Waals surface area contributed by atoms with Gasteiger partial charge in [0.1, 0.15) is 5.75 Å². The molecule has 0 bridgehead atoms. The van der Waals surface area contributed by atoms with E-state index < -0.39 is 6.03 Å². The predicted octanol–water partition coefficient (Wildman–Crippen LogP) is 0.565. The van der Waals surface area contributed by atoms with Gasteiger partial charge in [-0.3, -0.25) is 4.79 Å². The number of hydrogen-bond acceptors (Lipinski definition) is 4. The van der Waals surface area contributed by atoms with Gasteiger partial charge in [-0.05, 0) is 17.7 Å². The zero-order chi connectivity index (χ0) is 13.4. The Balaban J connectivity index is 1.87. The number of fused-ring (bicyclic) bond motifs is 1. The number of benzene rings is 1. The maximum atomic E-state index is 11.4. The summed E-state index contributed by atoms with van der Waals surface area (Å²) in [6.45, 7) is 0.289. The fourth-order valence-corrected chi connectivity index (χ4v) is 2.13. The van der Waals surface area contributed by atoms with Crippen molar-refractivity contribution in [2.24, 2.45) is 0 Å². The number of carbonyl (C=O) groups is 2. The van der Waals surface area contributed by atoms with Crippen molar-refractivity contribution in [3.63, 3.8) is 0 Å². The van der Waals surface area contributed by atoms with Gasteiger partial charge in [0.25, 0.3) is 5.91 Å². The number of nitriles is 1. The highest BCUT2D eigenvalue weighted by Gasteiger charge is 2.30. The molecule has 19 heavy (non-hydrogen) atoms. The molecule has 1 saturated heterocycles. The monoisotopic (exact) mass is 258 g/mol. The Morgan fingerprint density at radius 3 is 3.00 bits per heavy atom. The van der Waals surface area contributed by atoms with Crippen LogP contribution in [0, 0.1) is 11.5 Å². The van der Waals surface area contributed by atoms with Gasteiger partial charge in [0.05, 0.1) is 18.3 Å². The molecule has 3 rings (SSSR count). The highest BCUT2D eigenvalue weighted by atomic mass is 16.5. The number of nitrogens with one attached hydrogen (secondary N) is 2. The second-order valence-corrected chi connectivity index (χ2v) is 4.31. The van der Waals surface area contributed by atoms with Crippen molar-refractivity contribution >= 4 is 17.6 Å². The van der Waals surface area contributed by atoms with E-state index in [1.54, 1.807) is 12.1 Å². The Bertz CT molecular complexity index is 607. The van der Waals surface area contributed by atoms with Crippen LogP contribution >= 0.6 is 0 Å². The van der Waals surface area contributed by atoms with Gasteiger partial charge < -0.3 is 15.4 Å². The van der Waals surface area contributed by atoms with E-state index in [2.05, 4.69) is 10.6 Å². The molecule has 0 aromatic heterocycles. The summed E-state index contributed by atoms with van der Waals surface area (Å²) in [7, 11) is 0. The molecule has 2 aliphatic rings. The van der Waals surface area contributed by atoms with Crippen LogP contribution in [0.2, 0.25) is 0 Å². The number of amides is 3. The lowest BCUT2D eigenvalue weighted by Gasteiger charge is -2.19. The van der Waals surface area contributed by atoms with Crippen LogP contribution in [0.1, 0.15) is 11.6 Å². The maximum absolute atomic E-state index is 11.4. The second-order valence-electron chi connectivity index (χ2n) is 4.31. The topological polar surface area (TPSA) is 94.5 Å². The van der Waals surface area contributed by atoms with E-state index in [0.29, 0.717) is 11.4 Å². The van der Waals surface area contributed by atoms with Crippen LogP contribution in [0.15, 0.2) is 18.2 Å². The van der Waals surface area contributed by atoms with Crippen LogP contribution in [0.3, 0.4) is 0 Å². The molecular weight excluding hydrogens is 248 g/mol. The van der Waals surface area contributed by atoms with Gasteiger partial charge in [0.2, 0.25) is 0 Å². The van der Waals surface area contributed by atoms with Crippen LogP contribution in [0.25, 0.3) is 0 Å². The first kappa shape index (κ1) is 11.3. The highest BCUT2D eigenvalue weighted by Crippen LogP contribution is 2.31. The van der Waals surface area contributed by atoms with E-state index in [9.17, 15) is 9.59 Å². The lowest BCUT2D eigenvalue weighted by Crippen LogP contribution is -2.26. The first-order chi connectivity index (χ1) is 9.17. The molecule has 7 nitrogen and oxygen atoms in total. The minimum Gasteiger partial charge on any atom is -0.482 e. The summed E-state index contributed by atoms with van der Waals surface area (Å²) in [5.41, 5.74) is 1.40. The van der Waals surface area contributed by atoms with Gasteiger partial charge in [0, 0.05) is 0 Å². The van der Waals surface area contributed by atoms with Crippen molar-refractivity contribution in [1.29, 1.82) is 5.26 Å². The summed E-state index contributed by atoms with van der Waals surface area (Å²) in [4.78, 5) is 23.7. The third kappa shape index (κ3) is 1.93. The van der Waals surface area contributed by atoms with Gasteiger partial charge in [-0.25, -0.2) is 9.69 Å². The fraction of sp³-hybridized carbons (Fsp3) is 0.250. The Hall–Kier alpha value is -2.75. The number of anilines is 1. The number of rotatable bonds is 1. The van der Waals surface area contributed by atoms with Crippen molar-refractivity contribution in [1.82, 2.24) is 10.2 Å². The van der Waals surface area contributed by atoms with Crippen LogP contribution in [-0.2, 0) is 4.79 Å². The second kappa shape index (κ2) is 4.17. The number of urea groups is 1. The fourth-order valence-electron chi connectivity index (χ4n) is 2.13. The first-order valence-corrected chi connectivity index (χ1v) is 5.72. The normalized spacial score (nSPS) is 21.0. The summed E-state index contributed by atoms with van der Waals surface area (Å²) in [5.74, 6) is 0.392. The molecule has 2 aliphatic heterocycles. The van der Waals surface area contributed by atoms with Crippen molar-refractivity contribution in [3.8, 4) is 11.9 Å². The average Bonchev–Trinajstić information content (AvgIpc) is 2.79. The molecule has 1 atom stereocenters.